The molecule has 2 aromatic rings. The molecule has 0 aromatic heterocycles. The van der Waals surface area contributed by atoms with Gasteiger partial charge in [-0.1, -0.05) is 35.5 Å². The lowest BCUT2D eigenvalue weighted by atomic mass is 10.2. The predicted molar refractivity (Wildman–Crippen MR) is 112 cm³/mol. The zero-order valence-corrected chi connectivity index (χ0v) is 16.5. The van der Waals surface area contributed by atoms with Crippen molar-refractivity contribution < 1.29 is 14.3 Å². The van der Waals surface area contributed by atoms with Gasteiger partial charge in [-0.3, -0.25) is 9.59 Å². The Morgan fingerprint density at radius 2 is 1.89 bits per heavy atom. The van der Waals surface area contributed by atoms with Crippen LogP contribution in [0.15, 0.2) is 58.7 Å². The van der Waals surface area contributed by atoms with Crippen molar-refractivity contribution in [3.05, 3.63) is 59.1 Å². The van der Waals surface area contributed by atoms with Crippen molar-refractivity contribution in [3.63, 3.8) is 0 Å². The second-order valence-electron chi connectivity index (χ2n) is 5.81. The van der Waals surface area contributed by atoms with Crippen LogP contribution in [0.2, 0.25) is 5.02 Å². The number of anilines is 1. The van der Waals surface area contributed by atoms with Gasteiger partial charge in [-0.05, 0) is 42.0 Å². The van der Waals surface area contributed by atoms with Crippen LogP contribution in [0, 0.1) is 0 Å². The van der Waals surface area contributed by atoms with Gasteiger partial charge >= 0.3 is 0 Å². The average molecular weight is 417 g/mol. The molecule has 1 saturated heterocycles. The van der Waals surface area contributed by atoms with Crippen molar-refractivity contribution in [3.8, 4) is 5.75 Å². The third kappa shape index (κ3) is 4.71. The van der Waals surface area contributed by atoms with E-state index in [-0.39, 0.29) is 23.4 Å². The number of ether oxygens (including phenoxy) is 1. The third-order valence-corrected chi connectivity index (χ3v) is 5.16. The van der Waals surface area contributed by atoms with Crippen LogP contribution < -0.4 is 15.4 Å². The maximum atomic E-state index is 12.6. The summed E-state index contributed by atoms with van der Waals surface area (Å²) < 4.78 is 5.09. The van der Waals surface area contributed by atoms with E-state index in [2.05, 4.69) is 10.2 Å². The smallest absolute Gasteiger partial charge is 0.247 e. The molecule has 0 spiro atoms. The number of halogens is 1. The molecule has 1 aliphatic rings. The van der Waals surface area contributed by atoms with Crippen LogP contribution in [-0.4, -0.2) is 35.6 Å². The molecule has 0 saturated carbocycles. The van der Waals surface area contributed by atoms with Crippen molar-refractivity contribution >= 4 is 52.2 Å². The molecule has 2 aromatic carbocycles. The van der Waals surface area contributed by atoms with Crippen molar-refractivity contribution in [2.45, 2.75) is 11.7 Å². The van der Waals surface area contributed by atoms with E-state index >= 15 is 0 Å². The van der Waals surface area contributed by atoms with Gasteiger partial charge in [0.15, 0.2) is 5.17 Å². The molecule has 9 heteroatoms. The summed E-state index contributed by atoms with van der Waals surface area (Å²) in [6.45, 7) is 0. The van der Waals surface area contributed by atoms with Crippen LogP contribution in [0.1, 0.15) is 12.0 Å². The van der Waals surface area contributed by atoms with E-state index in [0.717, 1.165) is 22.2 Å². The summed E-state index contributed by atoms with van der Waals surface area (Å²) in [7, 11) is 1.55. The quantitative estimate of drug-likeness (QED) is 0.349. The van der Waals surface area contributed by atoms with Gasteiger partial charge in [0.1, 0.15) is 11.0 Å². The van der Waals surface area contributed by atoms with Gasteiger partial charge in [0.2, 0.25) is 11.8 Å². The first-order chi connectivity index (χ1) is 13.5. The van der Waals surface area contributed by atoms with E-state index in [1.54, 1.807) is 55.6 Å². The zero-order valence-electron chi connectivity index (χ0n) is 14.9. The molecule has 0 unspecified atom stereocenters. The fourth-order valence-electron chi connectivity index (χ4n) is 2.57. The van der Waals surface area contributed by atoms with Gasteiger partial charge in [0, 0.05) is 11.4 Å². The average Bonchev–Trinajstić information content (AvgIpc) is 2.96. The lowest BCUT2D eigenvalue weighted by Crippen LogP contribution is -2.31. The van der Waals surface area contributed by atoms with Crippen LogP contribution in [0.3, 0.4) is 0 Å². The van der Waals surface area contributed by atoms with E-state index in [1.807, 2.05) is 0 Å². The maximum Gasteiger partial charge on any atom is 0.247 e. The fourth-order valence-corrected chi connectivity index (χ4v) is 3.51. The van der Waals surface area contributed by atoms with E-state index < -0.39 is 5.25 Å². The maximum absolute atomic E-state index is 12.6. The summed E-state index contributed by atoms with van der Waals surface area (Å²) in [5.74, 6) is 0.0221. The van der Waals surface area contributed by atoms with Crippen LogP contribution in [0.4, 0.5) is 5.69 Å². The van der Waals surface area contributed by atoms with Crippen LogP contribution in [0.25, 0.3) is 0 Å². The molecule has 7 nitrogen and oxygen atoms in total. The molecule has 1 heterocycles. The van der Waals surface area contributed by atoms with Crippen molar-refractivity contribution in [1.29, 1.82) is 0 Å². The monoisotopic (exact) mass is 416 g/mol. The summed E-state index contributed by atoms with van der Waals surface area (Å²) in [5, 5.41) is 7.88. The first kappa shape index (κ1) is 19.9. The molecule has 0 bridgehead atoms. The summed E-state index contributed by atoms with van der Waals surface area (Å²) in [6.07, 6.45) is 1.57. The lowest BCUT2D eigenvalue weighted by molar-refractivity contribution is -0.121. The van der Waals surface area contributed by atoms with Crippen molar-refractivity contribution in [2.75, 3.05) is 12.0 Å². The van der Waals surface area contributed by atoms with E-state index in [4.69, 9.17) is 22.1 Å². The number of hydrogen-bond acceptors (Lipinski definition) is 6. The second-order valence-corrected chi connectivity index (χ2v) is 7.47. The number of amides is 2. The van der Waals surface area contributed by atoms with Gasteiger partial charge < -0.3 is 10.5 Å². The number of amidine groups is 1. The third-order valence-electron chi connectivity index (χ3n) is 3.93. The SMILES string of the molecule is COc1ccc(N2C(=O)C[C@H](S/C(N)=N\N=Cc3ccc(Cl)cc3)C2=O)cc1. The predicted octanol–water partition coefficient (Wildman–Crippen LogP) is 3.06. The summed E-state index contributed by atoms with van der Waals surface area (Å²) in [6, 6.07) is 13.8. The normalized spacial score (nSPS) is 17.6. The molecule has 28 heavy (non-hydrogen) atoms. The molecular formula is C19H17ClN4O3S. The molecule has 2 N–H and O–H groups in total. The Morgan fingerprint density at radius 3 is 2.54 bits per heavy atom. The van der Waals surface area contributed by atoms with E-state index in [9.17, 15) is 9.59 Å². The number of benzene rings is 2. The van der Waals surface area contributed by atoms with E-state index in [0.29, 0.717) is 16.5 Å². The number of nitrogens with two attached hydrogens (primary N) is 1. The molecule has 0 radical (unpaired) electrons. The number of imide groups is 1. The Hall–Kier alpha value is -2.84. The highest BCUT2D eigenvalue weighted by Gasteiger charge is 2.40. The van der Waals surface area contributed by atoms with Crippen LogP contribution in [0.5, 0.6) is 5.75 Å². The molecule has 1 aliphatic heterocycles. The number of thioether (sulfide) groups is 1. The largest absolute Gasteiger partial charge is 0.497 e. The summed E-state index contributed by atoms with van der Waals surface area (Å²) in [5.41, 5.74) is 7.16. The Kier molecular flexibility index (Phi) is 6.33. The Balaban J connectivity index is 1.64. The number of nitrogens with zero attached hydrogens (tertiary/aromatic N) is 3. The molecule has 1 atom stereocenters. The van der Waals surface area contributed by atoms with Gasteiger partial charge in [0.05, 0.1) is 19.0 Å². The number of hydrogen-bond donors (Lipinski definition) is 1. The van der Waals surface area contributed by atoms with E-state index in [1.165, 1.54) is 6.21 Å². The minimum absolute atomic E-state index is 0.0483. The minimum Gasteiger partial charge on any atom is -0.497 e. The molecule has 0 aliphatic carbocycles. The van der Waals surface area contributed by atoms with Gasteiger partial charge in [-0.15, -0.1) is 5.10 Å². The van der Waals surface area contributed by atoms with Crippen LogP contribution in [-0.2, 0) is 9.59 Å². The summed E-state index contributed by atoms with van der Waals surface area (Å²) >= 11 is 6.84. The Bertz CT molecular complexity index is 929. The number of carbonyl (C=O) groups excluding carboxylic acids is 2. The zero-order chi connectivity index (χ0) is 20.1. The number of rotatable bonds is 5. The topological polar surface area (TPSA) is 97.3 Å². The lowest BCUT2D eigenvalue weighted by Gasteiger charge is -2.15. The number of methoxy groups -OCH3 is 1. The van der Waals surface area contributed by atoms with Gasteiger partial charge in [-0.2, -0.15) is 5.10 Å². The van der Waals surface area contributed by atoms with Gasteiger partial charge in [-0.25, -0.2) is 4.90 Å². The number of carbonyl (C=O) groups is 2. The first-order valence-electron chi connectivity index (χ1n) is 8.27. The standard InChI is InChI=1S/C19H17ClN4O3S/c1-27-15-8-6-14(7-9-15)24-17(25)10-16(18(24)26)28-19(21)23-22-11-12-2-4-13(20)5-3-12/h2-9,11,16H,10H2,1H3,(H2,21,23)/t16-/m0/s1. The molecular weight excluding hydrogens is 400 g/mol. The van der Waals surface area contributed by atoms with Crippen molar-refractivity contribution in [2.24, 2.45) is 15.9 Å². The molecule has 2 amide bonds. The highest BCUT2D eigenvalue weighted by Crippen LogP contribution is 2.30. The highest BCUT2D eigenvalue weighted by atomic mass is 35.5. The Labute approximate surface area is 171 Å². The first-order valence-corrected chi connectivity index (χ1v) is 9.53. The molecule has 3 rings (SSSR count). The minimum atomic E-state index is -0.635. The summed E-state index contributed by atoms with van der Waals surface area (Å²) in [4.78, 5) is 26.1. The van der Waals surface area contributed by atoms with Crippen LogP contribution >= 0.6 is 23.4 Å². The highest BCUT2D eigenvalue weighted by molar-refractivity contribution is 8.14. The Morgan fingerprint density at radius 1 is 1.21 bits per heavy atom. The van der Waals surface area contributed by atoms with Gasteiger partial charge in [0.25, 0.3) is 0 Å². The second kappa shape index (κ2) is 8.90. The fraction of sp³-hybridized carbons (Fsp3) is 0.158. The van der Waals surface area contributed by atoms with Crippen molar-refractivity contribution in [1.82, 2.24) is 0 Å². The molecule has 1 fully saturated rings. The molecule has 144 valence electrons.